The Morgan fingerprint density at radius 1 is 0.976 bits per heavy atom. The van der Waals surface area contributed by atoms with Crippen LogP contribution in [0.25, 0.3) is 0 Å². The second kappa shape index (κ2) is 14.6. The van der Waals surface area contributed by atoms with Crippen LogP contribution in [-0.2, 0) is 26.2 Å². The number of nitrogens with zero attached hydrogens (tertiary/aromatic N) is 2. The molecule has 10 heteroatoms. The van der Waals surface area contributed by atoms with E-state index in [9.17, 15) is 22.4 Å². The lowest BCUT2D eigenvalue weighted by molar-refractivity contribution is -0.140. The molecule has 0 heterocycles. The fourth-order valence-electron chi connectivity index (χ4n) is 4.43. The molecule has 0 radical (unpaired) electrons. The maximum atomic E-state index is 14.1. The van der Waals surface area contributed by atoms with Gasteiger partial charge in [0.1, 0.15) is 24.2 Å². The van der Waals surface area contributed by atoms with Gasteiger partial charge < -0.3 is 15.0 Å². The number of hydrogen-bond donors (Lipinski definition) is 1. The largest absolute Gasteiger partial charge is 0.494 e. The number of carbonyl (C=O) groups is 2. The molecule has 0 aliphatic rings. The van der Waals surface area contributed by atoms with Crippen molar-refractivity contribution in [3.8, 4) is 5.75 Å². The number of rotatable bonds is 14. The Bertz CT molecular complexity index is 1410. The molecule has 0 fully saturated rings. The fraction of sp³-hybridized carbons (Fsp3) is 0.355. The summed E-state index contributed by atoms with van der Waals surface area (Å²) in [6.07, 6.45) is 1.07. The standard InChI is InChI=1S/C31H38FN3O5S/c1-5-19-33-31(37)29(6-2)34(21-24-10-8-9-23(4)20-24)30(36)22-35(26-13-15-27(16-14-26)40-7-3)41(38,39)28-17-11-25(32)12-18-28/h8-18,20,29H,5-7,19,21-22H2,1-4H3,(H,33,37)/t29-/m0/s1. The first kappa shape index (κ1) is 31.6. The third-order valence-corrected chi connectivity index (χ3v) is 8.27. The van der Waals surface area contributed by atoms with Crippen molar-refractivity contribution < 1.29 is 27.1 Å². The van der Waals surface area contributed by atoms with Crippen molar-refractivity contribution >= 4 is 27.5 Å². The van der Waals surface area contributed by atoms with E-state index in [1.807, 2.05) is 52.0 Å². The number of carbonyl (C=O) groups excluding carboxylic acids is 2. The Balaban J connectivity index is 2.05. The van der Waals surface area contributed by atoms with E-state index in [1.165, 1.54) is 4.90 Å². The molecule has 0 spiro atoms. The minimum Gasteiger partial charge on any atom is -0.494 e. The van der Waals surface area contributed by atoms with Gasteiger partial charge in [0.05, 0.1) is 17.2 Å². The molecule has 0 aliphatic carbocycles. The molecule has 1 atom stereocenters. The summed E-state index contributed by atoms with van der Waals surface area (Å²) in [5.41, 5.74) is 2.03. The molecule has 0 saturated heterocycles. The summed E-state index contributed by atoms with van der Waals surface area (Å²) in [6.45, 7) is 7.95. The smallest absolute Gasteiger partial charge is 0.264 e. The van der Waals surface area contributed by atoms with Gasteiger partial charge in [-0.05, 0) is 80.8 Å². The van der Waals surface area contributed by atoms with E-state index in [1.54, 1.807) is 24.3 Å². The Morgan fingerprint density at radius 2 is 1.66 bits per heavy atom. The van der Waals surface area contributed by atoms with Gasteiger partial charge >= 0.3 is 0 Å². The first-order valence-electron chi connectivity index (χ1n) is 13.7. The molecule has 0 aromatic heterocycles. The van der Waals surface area contributed by atoms with Crippen LogP contribution < -0.4 is 14.4 Å². The van der Waals surface area contributed by atoms with Crippen LogP contribution in [0.15, 0.2) is 77.7 Å². The topological polar surface area (TPSA) is 96.0 Å². The van der Waals surface area contributed by atoms with Crippen molar-refractivity contribution in [2.75, 3.05) is 24.0 Å². The molecule has 3 rings (SSSR count). The quantitative estimate of drug-likeness (QED) is 0.286. The Kier molecular flexibility index (Phi) is 11.3. The summed E-state index contributed by atoms with van der Waals surface area (Å²) < 4.78 is 47.8. The summed E-state index contributed by atoms with van der Waals surface area (Å²) in [5, 5.41) is 2.87. The van der Waals surface area contributed by atoms with Crippen LogP contribution in [0, 0.1) is 12.7 Å². The van der Waals surface area contributed by atoms with Crippen molar-refractivity contribution in [3.63, 3.8) is 0 Å². The van der Waals surface area contributed by atoms with Gasteiger partial charge in [0.15, 0.2) is 0 Å². The van der Waals surface area contributed by atoms with Gasteiger partial charge in [-0.2, -0.15) is 0 Å². The number of benzene rings is 3. The van der Waals surface area contributed by atoms with Crippen LogP contribution in [0.2, 0.25) is 0 Å². The number of ether oxygens (including phenoxy) is 1. The summed E-state index contributed by atoms with van der Waals surface area (Å²) in [6, 6.07) is 17.6. The van der Waals surface area contributed by atoms with E-state index >= 15 is 0 Å². The Labute approximate surface area is 242 Å². The molecule has 2 amide bonds. The molecule has 0 aliphatic heterocycles. The molecular formula is C31H38FN3O5S. The lowest BCUT2D eigenvalue weighted by Crippen LogP contribution is -2.52. The van der Waals surface area contributed by atoms with Gasteiger partial charge in [-0.25, -0.2) is 12.8 Å². The first-order valence-corrected chi connectivity index (χ1v) is 15.2. The predicted molar refractivity (Wildman–Crippen MR) is 158 cm³/mol. The normalized spacial score (nSPS) is 11.9. The van der Waals surface area contributed by atoms with E-state index in [2.05, 4.69) is 5.32 Å². The minimum atomic E-state index is -4.29. The monoisotopic (exact) mass is 583 g/mol. The van der Waals surface area contributed by atoms with E-state index in [4.69, 9.17) is 4.74 Å². The number of amides is 2. The number of halogens is 1. The van der Waals surface area contributed by atoms with Crippen molar-refractivity contribution in [2.45, 2.75) is 58.0 Å². The van der Waals surface area contributed by atoms with Crippen LogP contribution in [0.5, 0.6) is 5.75 Å². The maximum Gasteiger partial charge on any atom is 0.264 e. The zero-order valence-electron chi connectivity index (χ0n) is 24.0. The van der Waals surface area contributed by atoms with Crippen LogP contribution in [0.3, 0.4) is 0 Å². The summed E-state index contributed by atoms with van der Waals surface area (Å²) in [7, 11) is -4.29. The van der Waals surface area contributed by atoms with Crippen molar-refractivity contribution in [2.24, 2.45) is 0 Å². The SMILES string of the molecule is CCCNC(=O)[C@H](CC)N(Cc1cccc(C)c1)C(=O)CN(c1ccc(OCC)cc1)S(=O)(=O)c1ccc(F)cc1. The highest BCUT2D eigenvalue weighted by atomic mass is 32.2. The third-order valence-electron chi connectivity index (χ3n) is 6.49. The maximum absolute atomic E-state index is 14.1. The average Bonchev–Trinajstić information content (AvgIpc) is 2.95. The molecule has 1 N–H and O–H groups in total. The molecule has 0 bridgehead atoms. The van der Waals surface area contributed by atoms with Crippen LogP contribution in [0.1, 0.15) is 44.7 Å². The molecular weight excluding hydrogens is 545 g/mol. The van der Waals surface area contributed by atoms with E-state index in [-0.39, 0.29) is 23.0 Å². The molecule has 0 unspecified atom stereocenters. The van der Waals surface area contributed by atoms with Crippen LogP contribution in [0.4, 0.5) is 10.1 Å². The Hall–Kier alpha value is -3.92. The zero-order chi connectivity index (χ0) is 30.0. The lowest BCUT2D eigenvalue weighted by Gasteiger charge is -2.33. The number of aryl methyl sites for hydroxylation is 1. The third kappa shape index (κ3) is 8.29. The van der Waals surface area contributed by atoms with Gasteiger partial charge in [-0.3, -0.25) is 13.9 Å². The fourth-order valence-corrected chi connectivity index (χ4v) is 5.84. The average molecular weight is 584 g/mol. The number of hydrogen-bond acceptors (Lipinski definition) is 5. The van der Waals surface area contributed by atoms with Gasteiger partial charge in [0.2, 0.25) is 11.8 Å². The second-order valence-electron chi connectivity index (χ2n) is 9.62. The molecule has 41 heavy (non-hydrogen) atoms. The molecule has 3 aromatic rings. The minimum absolute atomic E-state index is 0.117. The predicted octanol–water partition coefficient (Wildman–Crippen LogP) is 5.06. The van der Waals surface area contributed by atoms with E-state index in [0.717, 1.165) is 46.1 Å². The summed E-state index contributed by atoms with van der Waals surface area (Å²) >= 11 is 0. The van der Waals surface area contributed by atoms with Crippen molar-refractivity contribution in [1.82, 2.24) is 10.2 Å². The summed E-state index contributed by atoms with van der Waals surface area (Å²) in [4.78, 5) is 28.5. The van der Waals surface area contributed by atoms with Gasteiger partial charge in [-0.1, -0.05) is 43.7 Å². The Morgan fingerprint density at radius 3 is 2.24 bits per heavy atom. The molecule has 0 saturated carbocycles. The van der Waals surface area contributed by atoms with E-state index in [0.29, 0.717) is 25.3 Å². The van der Waals surface area contributed by atoms with Gasteiger partial charge in [0.25, 0.3) is 10.0 Å². The number of sulfonamides is 1. The molecule has 3 aromatic carbocycles. The van der Waals surface area contributed by atoms with Crippen LogP contribution >= 0.6 is 0 Å². The molecule has 220 valence electrons. The zero-order valence-corrected chi connectivity index (χ0v) is 24.8. The molecule has 8 nitrogen and oxygen atoms in total. The van der Waals surface area contributed by atoms with Crippen LogP contribution in [-0.4, -0.2) is 50.9 Å². The first-order chi connectivity index (χ1) is 19.6. The van der Waals surface area contributed by atoms with E-state index < -0.39 is 34.3 Å². The number of nitrogens with one attached hydrogen (secondary N) is 1. The highest BCUT2D eigenvalue weighted by Gasteiger charge is 2.33. The van der Waals surface area contributed by atoms with Crippen molar-refractivity contribution in [3.05, 3.63) is 89.7 Å². The highest BCUT2D eigenvalue weighted by molar-refractivity contribution is 7.92. The highest BCUT2D eigenvalue weighted by Crippen LogP contribution is 2.27. The van der Waals surface area contributed by atoms with Crippen molar-refractivity contribution in [1.29, 1.82) is 0 Å². The van der Waals surface area contributed by atoms with Gasteiger partial charge in [0, 0.05) is 13.1 Å². The number of anilines is 1. The second-order valence-corrected chi connectivity index (χ2v) is 11.5. The van der Waals surface area contributed by atoms with Gasteiger partial charge in [-0.15, -0.1) is 0 Å². The lowest BCUT2D eigenvalue weighted by atomic mass is 10.1. The summed E-state index contributed by atoms with van der Waals surface area (Å²) in [5.74, 6) is -0.892.